The summed E-state index contributed by atoms with van der Waals surface area (Å²) in [6, 6.07) is 6.46. The first kappa shape index (κ1) is 14.4. The molecule has 1 fully saturated rings. The van der Waals surface area contributed by atoms with Crippen LogP contribution in [0.2, 0.25) is 0 Å². The van der Waals surface area contributed by atoms with Gasteiger partial charge in [-0.1, -0.05) is 15.9 Å². The third-order valence-corrected chi connectivity index (χ3v) is 5.55. The average Bonchev–Trinajstić information content (AvgIpc) is 2.40. The second kappa shape index (κ2) is 5.96. The molecule has 0 spiro atoms. The summed E-state index contributed by atoms with van der Waals surface area (Å²) in [6.07, 6.45) is 2.65. The zero-order chi connectivity index (χ0) is 13.9. The zero-order valence-electron chi connectivity index (χ0n) is 10.1. The Hall–Kier alpha value is -1.01. The fourth-order valence-corrected chi connectivity index (χ4v) is 3.78. The molecule has 1 aliphatic heterocycles. The van der Waals surface area contributed by atoms with Crippen LogP contribution in [0.4, 0.5) is 0 Å². The third-order valence-electron chi connectivity index (χ3n) is 3.11. The molecule has 1 aromatic rings. The van der Waals surface area contributed by atoms with E-state index in [-0.39, 0.29) is 10.9 Å². The normalized spacial score (nSPS) is 17.9. The summed E-state index contributed by atoms with van der Waals surface area (Å²) in [5, 5.41) is 0. The Balaban J connectivity index is 2.13. The van der Waals surface area contributed by atoms with Gasteiger partial charge in [-0.05, 0) is 37.1 Å². The van der Waals surface area contributed by atoms with Crippen LogP contribution in [0.5, 0.6) is 0 Å². The van der Waals surface area contributed by atoms with Gasteiger partial charge in [0.05, 0.1) is 10.9 Å². The number of benzene rings is 1. The van der Waals surface area contributed by atoms with E-state index in [1.54, 1.807) is 24.3 Å². The van der Waals surface area contributed by atoms with E-state index in [1.807, 2.05) is 0 Å². The van der Waals surface area contributed by atoms with Crippen molar-refractivity contribution in [2.24, 2.45) is 4.99 Å². The molecule has 2 rings (SSSR count). The lowest BCUT2D eigenvalue weighted by Crippen LogP contribution is -2.39. The highest BCUT2D eigenvalue weighted by atomic mass is 79.9. The first-order chi connectivity index (χ1) is 9.04. The maximum Gasteiger partial charge on any atom is 0.243 e. The SMILES string of the molecule is O=C=NC1CCN(S(=O)(=O)c2ccc(Br)cc2)CC1. The number of nitrogens with zero attached hydrogens (tertiary/aromatic N) is 2. The molecule has 7 heteroatoms. The van der Waals surface area contributed by atoms with E-state index >= 15 is 0 Å². The predicted molar refractivity (Wildman–Crippen MR) is 74.0 cm³/mol. The van der Waals surface area contributed by atoms with Crippen LogP contribution >= 0.6 is 15.9 Å². The Morgan fingerprint density at radius 1 is 1.21 bits per heavy atom. The molecule has 0 saturated carbocycles. The van der Waals surface area contributed by atoms with E-state index in [2.05, 4.69) is 20.9 Å². The van der Waals surface area contributed by atoms with Gasteiger partial charge in [0.25, 0.3) is 0 Å². The molecule has 1 heterocycles. The smallest absolute Gasteiger partial charge is 0.211 e. The van der Waals surface area contributed by atoms with Crippen molar-refractivity contribution in [2.75, 3.05) is 13.1 Å². The fraction of sp³-hybridized carbons (Fsp3) is 0.417. The molecule has 1 saturated heterocycles. The van der Waals surface area contributed by atoms with Crippen molar-refractivity contribution >= 4 is 32.0 Å². The Bertz CT molecular complexity index is 586. The monoisotopic (exact) mass is 344 g/mol. The average molecular weight is 345 g/mol. The lowest BCUT2D eigenvalue weighted by atomic mass is 10.1. The number of piperidine rings is 1. The molecule has 0 unspecified atom stereocenters. The number of carbonyl (C=O) groups excluding carboxylic acids is 1. The molecule has 0 bridgehead atoms. The van der Waals surface area contributed by atoms with Crippen molar-refractivity contribution in [1.29, 1.82) is 0 Å². The predicted octanol–water partition coefficient (Wildman–Crippen LogP) is 1.94. The molecule has 0 radical (unpaired) electrons. The van der Waals surface area contributed by atoms with Gasteiger partial charge >= 0.3 is 0 Å². The van der Waals surface area contributed by atoms with E-state index in [0.717, 1.165) is 4.47 Å². The summed E-state index contributed by atoms with van der Waals surface area (Å²) >= 11 is 3.28. The Labute approximate surface area is 120 Å². The number of hydrogen-bond donors (Lipinski definition) is 0. The summed E-state index contributed by atoms with van der Waals surface area (Å²) in [6.45, 7) is 0.766. The van der Waals surface area contributed by atoms with E-state index in [9.17, 15) is 13.2 Å². The molecule has 1 aromatic carbocycles. The van der Waals surface area contributed by atoms with Gasteiger partial charge < -0.3 is 0 Å². The van der Waals surface area contributed by atoms with E-state index in [4.69, 9.17) is 0 Å². The molecular weight excluding hydrogens is 332 g/mol. The summed E-state index contributed by atoms with van der Waals surface area (Å²) in [5.41, 5.74) is 0. The number of aliphatic imine (C=N–C) groups is 1. The van der Waals surface area contributed by atoms with Gasteiger partial charge in [-0.2, -0.15) is 4.31 Å². The number of isocyanates is 1. The van der Waals surface area contributed by atoms with Gasteiger partial charge in [-0.15, -0.1) is 0 Å². The standard InChI is InChI=1S/C12H13BrN2O3S/c13-10-1-3-12(4-2-10)19(17,18)15-7-5-11(6-8-15)14-9-16/h1-4,11H,5-8H2. The molecule has 5 nitrogen and oxygen atoms in total. The van der Waals surface area contributed by atoms with Gasteiger partial charge in [-0.25, -0.2) is 18.2 Å². The van der Waals surface area contributed by atoms with Gasteiger partial charge in [0.1, 0.15) is 0 Å². The zero-order valence-corrected chi connectivity index (χ0v) is 12.5. The van der Waals surface area contributed by atoms with Crippen molar-refractivity contribution in [3.8, 4) is 0 Å². The first-order valence-corrected chi connectivity index (χ1v) is 8.10. The molecule has 0 atom stereocenters. The summed E-state index contributed by atoms with van der Waals surface area (Å²) in [5.74, 6) is 0. The van der Waals surface area contributed by atoms with Crippen LogP contribution in [-0.4, -0.2) is 37.9 Å². The van der Waals surface area contributed by atoms with Crippen LogP contribution in [0.25, 0.3) is 0 Å². The Kier molecular flexibility index (Phi) is 4.52. The van der Waals surface area contributed by atoms with Crippen molar-refractivity contribution in [3.63, 3.8) is 0 Å². The molecule has 0 N–H and O–H groups in total. The van der Waals surface area contributed by atoms with Gasteiger partial charge in [0, 0.05) is 17.6 Å². The molecule has 19 heavy (non-hydrogen) atoms. The largest absolute Gasteiger partial charge is 0.243 e. The quantitative estimate of drug-likeness (QED) is 0.621. The van der Waals surface area contributed by atoms with Gasteiger partial charge in [-0.3, -0.25) is 0 Å². The summed E-state index contributed by atoms with van der Waals surface area (Å²) in [7, 11) is -3.44. The second-order valence-electron chi connectivity index (χ2n) is 4.31. The van der Waals surface area contributed by atoms with Crippen LogP contribution in [0.3, 0.4) is 0 Å². The molecular formula is C12H13BrN2O3S. The summed E-state index contributed by atoms with van der Waals surface area (Å²) < 4.78 is 27.0. The van der Waals surface area contributed by atoms with Crippen LogP contribution in [0.1, 0.15) is 12.8 Å². The highest BCUT2D eigenvalue weighted by Gasteiger charge is 2.29. The maximum atomic E-state index is 12.4. The lowest BCUT2D eigenvalue weighted by molar-refractivity contribution is 0.320. The van der Waals surface area contributed by atoms with Crippen molar-refractivity contribution < 1.29 is 13.2 Å². The van der Waals surface area contributed by atoms with E-state index in [1.165, 1.54) is 10.4 Å². The number of sulfonamides is 1. The lowest BCUT2D eigenvalue weighted by Gasteiger charge is -2.28. The highest BCUT2D eigenvalue weighted by molar-refractivity contribution is 9.10. The highest BCUT2D eigenvalue weighted by Crippen LogP contribution is 2.23. The van der Waals surface area contributed by atoms with Crippen molar-refractivity contribution in [2.45, 2.75) is 23.8 Å². The third kappa shape index (κ3) is 3.30. The topological polar surface area (TPSA) is 66.8 Å². The Morgan fingerprint density at radius 3 is 2.32 bits per heavy atom. The molecule has 0 aliphatic carbocycles. The van der Waals surface area contributed by atoms with Gasteiger partial charge in [0.2, 0.25) is 16.1 Å². The molecule has 1 aliphatic rings. The number of hydrogen-bond acceptors (Lipinski definition) is 4. The van der Waals surface area contributed by atoms with Crippen LogP contribution in [0.15, 0.2) is 38.6 Å². The Morgan fingerprint density at radius 2 is 1.79 bits per heavy atom. The number of halogens is 1. The first-order valence-electron chi connectivity index (χ1n) is 5.87. The number of rotatable bonds is 3. The van der Waals surface area contributed by atoms with Crippen LogP contribution in [0, 0.1) is 0 Å². The van der Waals surface area contributed by atoms with Crippen molar-refractivity contribution in [1.82, 2.24) is 4.31 Å². The van der Waals surface area contributed by atoms with Crippen LogP contribution < -0.4 is 0 Å². The fourth-order valence-electron chi connectivity index (χ4n) is 2.04. The van der Waals surface area contributed by atoms with E-state index < -0.39 is 10.0 Å². The minimum atomic E-state index is -3.44. The second-order valence-corrected chi connectivity index (χ2v) is 7.16. The molecule has 0 aromatic heterocycles. The van der Waals surface area contributed by atoms with Gasteiger partial charge in [0.15, 0.2) is 0 Å². The van der Waals surface area contributed by atoms with Crippen molar-refractivity contribution in [3.05, 3.63) is 28.7 Å². The molecule has 0 amide bonds. The minimum absolute atomic E-state index is 0.103. The van der Waals surface area contributed by atoms with E-state index in [0.29, 0.717) is 25.9 Å². The summed E-state index contributed by atoms with van der Waals surface area (Å²) in [4.78, 5) is 14.1. The van der Waals surface area contributed by atoms with Crippen LogP contribution in [-0.2, 0) is 14.8 Å². The minimum Gasteiger partial charge on any atom is -0.211 e. The maximum absolute atomic E-state index is 12.4. The molecule has 102 valence electrons.